The number of nitrogens with zero attached hydrogens (tertiary/aromatic N) is 3. The van der Waals surface area contributed by atoms with Crippen molar-refractivity contribution in [3.8, 4) is 0 Å². The van der Waals surface area contributed by atoms with Crippen LogP contribution in [0.15, 0.2) is 73.1 Å². The average Bonchev–Trinajstić information content (AvgIpc) is 3.43. The molecule has 0 aliphatic heterocycles. The topological polar surface area (TPSA) is 77.1 Å². The van der Waals surface area contributed by atoms with Crippen LogP contribution in [0.3, 0.4) is 0 Å². The van der Waals surface area contributed by atoms with Gasteiger partial charge in [-0.25, -0.2) is 4.79 Å². The highest BCUT2D eigenvalue weighted by molar-refractivity contribution is 6.33. The average molecular weight is 462 g/mol. The highest BCUT2D eigenvalue weighted by atomic mass is 35.5. The normalized spacial score (nSPS) is 11.0. The fraction of sp³-hybridized carbons (Fsp3) is 0.192. The Balaban J connectivity index is 1.37. The van der Waals surface area contributed by atoms with Crippen LogP contribution in [0.1, 0.15) is 49.7 Å². The molecule has 0 fully saturated rings. The van der Waals surface area contributed by atoms with Crippen molar-refractivity contribution in [2.24, 2.45) is 0 Å². The van der Waals surface area contributed by atoms with E-state index in [0.29, 0.717) is 29.9 Å². The lowest BCUT2D eigenvalue weighted by Crippen LogP contribution is -2.11. The van der Waals surface area contributed by atoms with E-state index < -0.39 is 5.97 Å². The van der Waals surface area contributed by atoms with Crippen molar-refractivity contribution < 1.29 is 14.7 Å². The minimum Gasteiger partial charge on any atom is -0.478 e. The number of rotatable bonds is 9. The van der Waals surface area contributed by atoms with Crippen LogP contribution < -0.4 is 0 Å². The zero-order valence-electron chi connectivity index (χ0n) is 18.2. The van der Waals surface area contributed by atoms with E-state index in [9.17, 15) is 14.7 Å². The van der Waals surface area contributed by atoms with Crippen molar-refractivity contribution in [2.75, 3.05) is 0 Å². The zero-order chi connectivity index (χ0) is 23.4. The van der Waals surface area contributed by atoms with E-state index in [2.05, 4.69) is 5.10 Å². The molecule has 168 valence electrons. The van der Waals surface area contributed by atoms with Crippen LogP contribution in [0.25, 0.3) is 0 Å². The quantitative estimate of drug-likeness (QED) is 0.345. The Hall–Kier alpha value is -3.64. The van der Waals surface area contributed by atoms with E-state index in [1.54, 1.807) is 22.9 Å². The fourth-order valence-corrected chi connectivity index (χ4v) is 4.11. The van der Waals surface area contributed by atoms with E-state index >= 15 is 0 Å². The first-order valence-electron chi connectivity index (χ1n) is 10.7. The Morgan fingerprint density at radius 1 is 1.00 bits per heavy atom. The van der Waals surface area contributed by atoms with Crippen LogP contribution in [-0.2, 0) is 19.5 Å². The second-order valence-electron chi connectivity index (χ2n) is 7.97. The van der Waals surface area contributed by atoms with Crippen molar-refractivity contribution >= 4 is 23.4 Å². The maximum absolute atomic E-state index is 12.9. The molecule has 2 aromatic carbocycles. The van der Waals surface area contributed by atoms with Gasteiger partial charge in [0.1, 0.15) is 0 Å². The third kappa shape index (κ3) is 5.23. The van der Waals surface area contributed by atoms with Crippen LogP contribution in [-0.4, -0.2) is 31.2 Å². The molecule has 33 heavy (non-hydrogen) atoms. The molecule has 2 heterocycles. The Bertz CT molecular complexity index is 1290. The van der Waals surface area contributed by atoms with E-state index in [-0.39, 0.29) is 16.4 Å². The van der Waals surface area contributed by atoms with Gasteiger partial charge >= 0.3 is 5.97 Å². The van der Waals surface area contributed by atoms with Gasteiger partial charge in [-0.15, -0.1) is 0 Å². The van der Waals surface area contributed by atoms with Crippen molar-refractivity contribution in [1.29, 1.82) is 0 Å². The number of halogens is 1. The largest absolute Gasteiger partial charge is 0.478 e. The number of benzene rings is 2. The predicted molar refractivity (Wildman–Crippen MR) is 127 cm³/mol. The van der Waals surface area contributed by atoms with Gasteiger partial charge in [0.05, 0.1) is 28.5 Å². The molecule has 0 aliphatic carbocycles. The third-order valence-electron chi connectivity index (χ3n) is 5.55. The highest BCUT2D eigenvalue weighted by Gasteiger charge is 2.15. The Kier molecular flexibility index (Phi) is 6.75. The minimum atomic E-state index is -1.05. The predicted octanol–water partition coefficient (Wildman–Crippen LogP) is 5.26. The SMILES string of the molecule is Cc1ccc(C(=O)c2cccn2CCCc2ccn(Cc3cccc(Cl)c3C(=O)O)n2)cc1. The number of carboxylic acids is 1. The summed E-state index contributed by atoms with van der Waals surface area (Å²) in [5.41, 5.74) is 4.10. The lowest BCUT2D eigenvalue weighted by molar-refractivity contribution is 0.0695. The van der Waals surface area contributed by atoms with Gasteiger partial charge in [-0.3, -0.25) is 9.48 Å². The van der Waals surface area contributed by atoms with Crippen molar-refractivity contribution in [3.05, 3.63) is 112 Å². The molecular weight excluding hydrogens is 438 g/mol. The summed E-state index contributed by atoms with van der Waals surface area (Å²) in [5.74, 6) is -1.04. The van der Waals surface area contributed by atoms with E-state index in [0.717, 1.165) is 24.1 Å². The molecule has 1 N–H and O–H groups in total. The van der Waals surface area contributed by atoms with Crippen LogP contribution in [0.4, 0.5) is 0 Å². The first kappa shape index (κ1) is 22.6. The molecule has 0 spiro atoms. The number of aromatic nitrogens is 3. The highest BCUT2D eigenvalue weighted by Crippen LogP contribution is 2.21. The van der Waals surface area contributed by atoms with Crippen LogP contribution in [0, 0.1) is 6.92 Å². The fourth-order valence-electron chi connectivity index (χ4n) is 3.84. The standard InChI is InChI=1S/C26H24ClN3O3/c1-18-9-11-19(12-10-18)25(31)23-8-4-15-29(23)14-3-6-21-13-16-30(28-21)17-20-5-2-7-22(27)24(20)26(32)33/h2,4-5,7-13,15-16H,3,6,14,17H2,1H3,(H,32,33). The van der Waals surface area contributed by atoms with Gasteiger partial charge in [-0.2, -0.15) is 5.10 Å². The number of ketones is 1. The van der Waals surface area contributed by atoms with E-state index in [1.807, 2.05) is 66.3 Å². The van der Waals surface area contributed by atoms with E-state index in [4.69, 9.17) is 11.6 Å². The summed E-state index contributed by atoms with van der Waals surface area (Å²) in [7, 11) is 0. The monoisotopic (exact) mass is 461 g/mol. The molecule has 0 atom stereocenters. The zero-order valence-corrected chi connectivity index (χ0v) is 19.0. The lowest BCUT2D eigenvalue weighted by atomic mass is 10.1. The molecule has 0 radical (unpaired) electrons. The third-order valence-corrected chi connectivity index (χ3v) is 5.86. The summed E-state index contributed by atoms with van der Waals surface area (Å²) < 4.78 is 3.69. The summed E-state index contributed by atoms with van der Waals surface area (Å²) in [6, 6.07) is 18.3. The summed E-state index contributed by atoms with van der Waals surface area (Å²) in [6.45, 7) is 3.03. The number of hydrogen-bond donors (Lipinski definition) is 1. The van der Waals surface area contributed by atoms with Gasteiger partial charge in [0.2, 0.25) is 5.78 Å². The number of aryl methyl sites for hydroxylation is 3. The smallest absolute Gasteiger partial charge is 0.337 e. The molecule has 2 aromatic heterocycles. The number of hydrogen-bond acceptors (Lipinski definition) is 3. The van der Waals surface area contributed by atoms with Gasteiger partial charge in [-0.1, -0.05) is 53.6 Å². The first-order valence-corrected chi connectivity index (χ1v) is 11.1. The van der Waals surface area contributed by atoms with Crippen molar-refractivity contribution in [2.45, 2.75) is 32.9 Å². The van der Waals surface area contributed by atoms with Crippen LogP contribution in [0.2, 0.25) is 5.02 Å². The molecule has 7 heteroatoms. The number of carbonyl (C=O) groups is 2. The Labute approximate surface area is 197 Å². The number of carbonyl (C=O) groups excluding carboxylic acids is 1. The molecule has 0 bridgehead atoms. The second-order valence-corrected chi connectivity index (χ2v) is 8.38. The summed E-state index contributed by atoms with van der Waals surface area (Å²) in [6.07, 6.45) is 5.32. The molecule has 4 rings (SSSR count). The molecule has 0 saturated carbocycles. The van der Waals surface area contributed by atoms with E-state index in [1.165, 1.54) is 0 Å². The summed E-state index contributed by atoms with van der Waals surface area (Å²) in [5, 5.41) is 14.2. The van der Waals surface area contributed by atoms with Crippen molar-refractivity contribution in [3.63, 3.8) is 0 Å². The van der Waals surface area contributed by atoms with Crippen LogP contribution in [0.5, 0.6) is 0 Å². The summed E-state index contributed by atoms with van der Waals surface area (Å²) >= 11 is 6.06. The van der Waals surface area contributed by atoms with Crippen molar-refractivity contribution in [1.82, 2.24) is 14.3 Å². The lowest BCUT2D eigenvalue weighted by Gasteiger charge is -2.09. The van der Waals surface area contributed by atoms with Gasteiger partial charge < -0.3 is 9.67 Å². The van der Waals surface area contributed by atoms with Crippen LogP contribution >= 0.6 is 11.6 Å². The maximum atomic E-state index is 12.9. The maximum Gasteiger partial charge on any atom is 0.337 e. The minimum absolute atomic E-state index is 0.0139. The second kappa shape index (κ2) is 9.88. The van der Waals surface area contributed by atoms with Gasteiger partial charge in [0, 0.05) is 24.5 Å². The molecule has 6 nitrogen and oxygen atoms in total. The Morgan fingerprint density at radius 2 is 1.79 bits per heavy atom. The summed E-state index contributed by atoms with van der Waals surface area (Å²) in [4.78, 5) is 24.4. The first-order chi connectivity index (χ1) is 15.9. The Morgan fingerprint density at radius 3 is 2.55 bits per heavy atom. The molecular formula is C26H24ClN3O3. The number of carboxylic acid groups (broad SMARTS) is 1. The number of aromatic carboxylic acids is 1. The molecule has 4 aromatic rings. The van der Waals surface area contributed by atoms with Gasteiger partial charge in [0.15, 0.2) is 0 Å². The van der Waals surface area contributed by atoms with Gasteiger partial charge in [-0.05, 0) is 49.6 Å². The molecule has 0 aliphatic rings. The molecule has 0 saturated heterocycles. The molecule has 0 unspecified atom stereocenters. The van der Waals surface area contributed by atoms with Gasteiger partial charge in [0.25, 0.3) is 0 Å². The molecule has 0 amide bonds.